The van der Waals surface area contributed by atoms with Gasteiger partial charge in [0.1, 0.15) is 0 Å². The van der Waals surface area contributed by atoms with E-state index in [0.29, 0.717) is 31.7 Å². The highest BCUT2D eigenvalue weighted by atomic mass is 35.5. The number of rotatable bonds is 8. The first-order valence-corrected chi connectivity index (χ1v) is 6.79. The van der Waals surface area contributed by atoms with Crippen LogP contribution < -0.4 is 11.1 Å². The van der Waals surface area contributed by atoms with Gasteiger partial charge in [0.25, 0.3) is 0 Å². The predicted molar refractivity (Wildman–Crippen MR) is 79.8 cm³/mol. The molecule has 1 aromatic rings. The van der Waals surface area contributed by atoms with Crippen molar-refractivity contribution in [1.29, 1.82) is 0 Å². The molecule has 1 rings (SSSR count). The number of amides is 1. The number of nitrogens with one attached hydrogen (secondary N) is 1. The lowest BCUT2D eigenvalue weighted by molar-refractivity contribution is -0.122. The van der Waals surface area contributed by atoms with Crippen LogP contribution in [0.15, 0.2) is 4.52 Å². The van der Waals surface area contributed by atoms with Crippen molar-refractivity contribution < 1.29 is 9.32 Å². The number of aromatic nitrogens is 2. The van der Waals surface area contributed by atoms with E-state index < -0.39 is 0 Å². The summed E-state index contributed by atoms with van der Waals surface area (Å²) in [6.45, 7) is 6.29. The lowest BCUT2D eigenvalue weighted by Crippen LogP contribution is -2.48. The van der Waals surface area contributed by atoms with E-state index in [4.69, 9.17) is 10.3 Å². The third kappa shape index (κ3) is 6.86. The summed E-state index contributed by atoms with van der Waals surface area (Å²) in [5.41, 5.74) is 5.21. The minimum Gasteiger partial charge on any atom is -0.350 e. The molecule has 0 aliphatic carbocycles. The van der Waals surface area contributed by atoms with Crippen LogP contribution in [0.3, 0.4) is 0 Å². The number of hydrogen-bond donors (Lipinski definition) is 2. The molecular formula is C13H25ClN4O2. The molecule has 0 aliphatic rings. The standard InChI is InChI=1S/C13H24N4O2.ClH/c1-4-6-10-15-12(19-17-10)8-5-7-11(18)16-13(2,3)9-14;/h4-9,14H2,1-3H3,(H,16,18);1H. The molecule has 0 saturated heterocycles. The van der Waals surface area contributed by atoms with E-state index in [9.17, 15) is 4.79 Å². The van der Waals surface area contributed by atoms with Gasteiger partial charge in [-0.3, -0.25) is 4.79 Å². The van der Waals surface area contributed by atoms with Crippen LogP contribution in [0.25, 0.3) is 0 Å². The van der Waals surface area contributed by atoms with Crippen molar-refractivity contribution in [3.05, 3.63) is 11.7 Å². The average molecular weight is 305 g/mol. The van der Waals surface area contributed by atoms with Crippen LogP contribution in [0.1, 0.15) is 51.7 Å². The molecule has 0 bridgehead atoms. The Morgan fingerprint density at radius 3 is 2.70 bits per heavy atom. The van der Waals surface area contributed by atoms with Gasteiger partial charge in [0.2, 0.25) is 11.8 Å². The van der Waals surface area contributed by atoms with E-state index in [1.54, 1.807) is 0 Å². The summed E-state index contributed by atoms with van der Waals surface area (Å²) >= 11 is 0. The molecule has 1 amide bonds. The van der Waals surface area contributed by atoms with Crippen molar-refractivity contribution in [2.45, 2.75) is 58.4 Å². The lowest BCUT2D eigenvalue weighted by Gasteiger charge is -2.24. The van der Waals surface area contributed by atoms with Crippen molar-refractivity contribution in [3.63, 3.8) is 0 Å². The number of carbonyl (C=O) groups excluding carboxylic acids is 1. The van der Waals surface area contributed by atoms with Crippen LogP contribution in [0.5, 0.6) is 0 Å². The van der Waals surface area contributed by atoms with E-state index in [1.165, 1.54) is 0 Å². The highest BCUT2D eigenvalue weighted by Gasteiger charge is 2.17. The van der Waals surface area contributed by atoms with Gasteiger partial charge in [-0.05, 0) is 26.7 Å². The number of carbonyl (C=O) groups is 1. The van der Waals surface area contributed by atoms with Crippen molar-refractivity contribution >= 4 is 18.3 Å². The lowest BCUT2D eigenvalue weighted by atomic mass is 10.1. The second-order valence-corrected chi connectivity index (χ2v) is 5.34. The van der Waals surface area contributed by atoms with Crippen LogP contribution in [0.2, 0.25) is 0 Å². The van der Waals surface area contributed by atoms with Crippen LogP contribution >= 0.6 is 12.4 Å². The first kappa shape index (κ1) is 18.9. The summed E-state index contributed by atoms with van der Waals surface area (Å²) in [5.74, 6) is 1.35. The van der Waals surface area contributed by atoms with Gasteiger partial charge in [-0.2, -0.15) is 4.98 Å². The molecule has 0 aliphatic heterocycles. The SMILES string of the molecule is CCCc1noc(CCCC(=O)NC(C)(C)CN)n1.Cl. The molecule has 1 heterocycles. The zero-order valence-corrected chi connectivity index (χ0v) is 13.3. The fourth-order valence-corrected chi connectivity index (χ4v) is 1.61. The highest BCUT2D eigenvalue weighted by Crippen LogP contribution is 2.06. The Morgan fingerprint density at radius 1 is 1.40 bits per heavy atom. The Balaban J connectivity index is 0.00000361. The van der Waals surface area contributed by atoms with Crippen LogP contribution in [-0.4, -0.2) is 28.1 Å². The molecule has 0 unspecified atom stereocenters. The van der Waals surface area contributed by atoms with E-state index in [-0.39, 0.29) is 23.9 Å². The van der Waals surface area contributed by atoms with Gasteiger partial charge in [-0.15, -0.1) is 12.4 Å². The van der Waals surface area contributed by atoms with Gasteiger partial charge >= 0.3 is 0 Å². The zero-order valence-electron chi connectivity index (χ0n) is 12.4. The minimum absolute atomic E-state index is 0. The molecule has 0 aromatic carbocycles. The Labute approximate surface area is 126 Å². The van der Waals surface area contributed by atoms with Crippen LogP contribution in [0, 0.1) is 0 Å². The smallest absolute Gasteiger partial charge is 0.226 e. The molecule has 0 radical (unpaired) electrons. The molecule has 0 spiro atoms. The quantitative estimate of drug-likeness (QED) is 0.761. The summed E-state index contributed by atoms with van der Waals surface area (Å²) in [7, 11) is 0. The highest BCUT2D eigenvalue weighted by molar-refractivity contribution is 5.85. The molecule has 116 valence electrons. The van der Waals surface area contributed by atoms with Gasteiger partial charge in [0.15, 0.2) is 5.82 Å². The Kier molecular flexibility index (Phi) is 8.41. The van der Waals surface area contributed by atoms with Gasteiger partial charge in [0.05, 0.1) is 0 Å². The number of nitrogens with zero attached hydrogens (tertiary/aromatic N) is 2. The minimum atomic E-state index is -0.351. The van der Waals surface area contributed by atoms with E-state index >= 15 is 0 Å². The first-order chi connectivity index (χ1) is 8.96. The molecular weight excluding hydrogens is 280 g/mol. The van der Waals surface area contributed by atoms with Gasteiger partial charge in [0, 0.05) is 31.3 Å². The second-order valence-electron chi connectivity index (χ2n) is 5.34. The average Bonchev–Trinajstić information content (AvgIpc) is 2.77. The van der Waals surface area contributed by atoms with Crippen molar-refractivity contribution in [2.24, 2.45) is 5.73 Å². The molecule has 3 N–H and O–H groups in total. The summed E-state index contributed by atoms with van der Waals surface area (Å²) in [5, 5.41) is 6.76. The fourth-order valence-electron chi connectivity index (χ4n) is 1.61. The van der Waals surface area contributed by atoms with E-state index in [0.717, 1.165) is 18.7 Å². The molecule has 0 fully saturated rings. The monoisotopic (exact) mass is 304 g/mol. The molecule has 7 heteroatoms. The normalized spacial score (nSPS) is 11.0. The van der Waals surface area contributed by atoms with Crippen molar-refractivity contribution in [3.8, 4) is 0 Å². The van der Waals surface area contributed by atoms with Crippen molar-refractivity contribution in [1.82, 2.24) is 15.5 Å². The van der Waals surface area contributed by atoms with Gasteiger partial charge in [-0.1, -0.05) is 12.1 Å². The van der Waals surface area contributed by atoms with Crippen molar-refractivity contribution in [2.75, 3.05) is 6.54 Å². The number of aryl methyl sites for hydroxylation is 2. The fraction of sp³-hybridized carbons (Fsp3) is 0.769. The third-order valence-corrected chi connectivity index (χ3v) is 2.77. The maximum Gasteiger partial charge on any atom is 0.226 e. The maximum atomic E-state index is 11.7. The molecule has 1 aromatic heterocycles. The number of halogens is 1. The number of nitrogens with two attached hydrogens (primary N) is 1. The maximum absolute atomic E-state index is 11.7. The number of hydrogen-bond acceptors (Lipinski definition) is 5. The predicted octanol–water partition coefficient (Wildman–Crippen LogP) is 1.62. The largest absolute Gasteiger partial charge is 0.350 e. The summed E-state index contributed by atoms with van der Waals surface area (Å²) in [6.07, 6.45) is 3.59. The van der Waals surface area contributed by atoms with Gasteiger partial charge < -0.3 is 15.6 Å². The zero-order chi connectivity index (χ0) is 14.3. The Bertz CT molecular complexity index is 407. The van der Waals surface area contributed by atoms with E-state index in [1.807, 2.05) is 13.8 Å². The third-order valence-electron chi connectivity index (χ3n) is 2.77. The van der Waals surface area contributed by atoms with Gasteiger partial charge in [-0.25, -0.2) is 0 Å². The molecule has 0 atom stereocenters. The molecule has 0 saturated carbocycles. The van der Waals surface area contributed by atoms with E-state index in [2.05, 4.69) is 22.4 Å². The first-order valence-electron chi connectivity index (χ1n) is 6.79. The summed E-state index contributed by atoms with van der Waals surface area (Å²) in [6, 6.07) is 0. The molecule has 6 nitrogen and oxygen atoms in total. The Hall–Kier alpha value is -1.14. The van der Waals surface area contributed by atoms with Crippen LogP contribution in [0.4, 0.5) is 0 Å². The Morgan fingerprint density at radius 2 is 2.10 bits per heavy atom. The second kappa shape index (κ2) is 8.92. The topological polar surface area (TPSA) is 94.0 Å². The summed E-state index contributed by atoms with van der Waals surface area (Å²) in [4.78, 5) is 15.9. The van der Waals surface area contributed by atoms with Crippen LogP contribution in [-0.2, 0) is 17.6 Å². The molecule has 20 heavy (non-hydrogen) atoms. The summed E-state index contributed by atoms with van der Waals surface area (Å²) < 4.78 is 5.11.